The minimum atomic E-state index is 0.0618. The van der Waals surface area contributed by atoms with Gasteiger partial charge in [-0.1, -0.05) is 24.3 Å². The van der Waals surface area contributed by atoms with E-state index in [0.717, 1.165) is 19.6 Å². The number of anilines is 1. The lowest BCUT2D eigenvalue weighted by atomic mass is 10.1. The standard InChI is InChI=1S/C17H21N3O/c1-14-13-20(11-10-19-9-5-4-8-17(19)21)16-7-3-2-6-15(16)12-18-14/h2-9,14,18H,10-13H2,1H3. The lowest BCUT2D eigenvalue weighted by Crippen LogP contribution is -2.38. The first-order chi connectivity index (χ1) is 10.2. The summed E-state index contributed by atoms with van der Waals surface area (Å²) in [6.45, 7) is 5.61. The Morgan fingerprint density at radius 1 is 1.14 bits per heavy atom. The Balaban J connectivity index is 1.80. The average molecular weight is 283 g/mol. The van der Waals surface area contributed by atoms with Crippen LogP contribution in [0.15, 0.2) is 53.5 Å². The molecule has 1 aromatic heterocycles. The van der Waals surface area contributed by atoms with Crippen molar-refractivity contribution in [3.05, 3.63) is 64.6 Å². The number of hydrogen-bond acceptors (Lipinski definition) is 3. The number of nitrogens with zero attached hydrogens (tertiary/aromatic N) is 2. The molecule has 1 aliphatic heterocycles. The predicted molar refractivity (Wildman–Crippen MR) is 85.7 cm³/mol. The Kier molecular flexibility index (Phi) is 4.06. The fourth-order valence-electron chi connectivity index (χ4n) is 2.83. The van der Waals surface area contributed by atoms with Crippen LogP contribution in [0, 0.1) is 0 Å². The maximum atomic E-state index is 11.8. The maximum Gasteiger partial charge on any atom is 0.250 e. The molecule has 4 nitrogen and oxygen atoms in total. The first kappa shape index (κ1) is 13.9. The van der Waals surface area contributed by atoms with Crippen molar-refractivity contribution in [2.24, 2.45) is 0 Å². The molecule has 0 fully saturated rings. The highest BCUT2D eigenvalue weighted by Gasteiger charge is 2.18. The second kappa shape index (κ2) is 6.14. The van der Waals surface area contributed by atoms with Crippen LogP contribution < -0.4 is 15.8 Å². The number of benzene rings is 1. The van der Waals surface area contributed by atoms with E-state index in [0.29, 0.717) is 12.6 Å². The quantitative estimate of drug-likeness (QED) is 0.934. The summed E-state index contributed by atoms with van der Waals surface area (Å²) in [5.74, 6) is 0. The molecule has 0 bridgehead atoms. The van der Waals surface area contributed by atoms with Crippen molar-refractivity contribution < 1.29 is 0 Å². The van der Waals surface area contributed by atoms with Gasteiger partial charge in [0.15, 0.2) is 0 Å². The van der Waals surface area contributed by atoms with Gasteiger partial charge in [-0.05, 0) is 24.6 Å². The van der Waals surface area contributed by atoms with E-state index in [-0.39, 0.29) is 5.56 Å². The van der Waals surface area contributed by atoms with Crippen molar-refractivity contribution in [1.29, 1.82) is 0 Å². The van der Waals surface area contributed by atoms with Crippen LogP contribution in [0.4, 0.5) is 5.69 Å². The van der Waals surface area contributed by atoms with Crippen LogP contribution in [0.25, 0.3) is 0 Å². The van der Waals surface area contributed by atoms with Crippen LogP contribution in [0.1, 0.15) is 12.5 Å². The third kappa shape index (κ3) is 3.16. The molecule has 0 saturated carbocycles. The number of aromatic nitrogens is 1. The molecule has 1 aromatic carbocycles. The SMILES string of the molecule is CC1CN(CCn2ccccc2=O)c2ccccc2CN1. The molecule has 0 radical (unpaired) electrons. The van der Waals surface area contributed by atoms with Crippen LogP contribution in [-0.2, 0) is 13.1 Å². The van der Waals surface area contributed by atoms with E-state index < -0.39 is 0 Å². The van der Waals surface area contributed by atoms with Gasteiger partial charge in [-0.15, -0.1) is 0 Å². The Morgan fingerprint density at radius 2 is 1.95 bits per heavy atom. The summed E-state index contributed by atoms with van der Waals surface area (Å²) in [7, 11) is 0. The first-order valence-electron chi connectivity index (χ1n) is 7.46. The van der Waals surface area contributed by atoms with Gasteiger partial charge in [0.25, 0.3) is 5.56 Å². The molecule has 21 heavy (non-hydrogen) atoms. The molecule has 1 unspecified atom stereocenters. The Hall–Kier alpha value is -2.07. The molecule has 0 saturated heterocycles. The van der Waals surface area contributed by atoms with Gasteiger partial charge in [-0.2, -0.15) is 0 Å². The van der Waals surface area contributed by atoms with E-state index in [1.807, 2.05) is 12.3 Å². The summed E-state index contributed by atoms with van der Waals surface area (Å²) in [6.07, 6.45) is 1.85. The number of rotatable bonds is 3. The summed E-state index contributed by atoms with van der Waals surface area (Å²) in [6, 6.07) is 14.2. The third-order valence-corrected chi connectivity index (χ3v) is 3.98. The van der Waals surface area contributed by atoms with Crippen molar-refractivity contribution in [2.45, 2.75) is 26.1 Å². The lowest BCUT2D eigenvalue weighted by molar-refractivity contribution is 0.540. The molecule has 0 spiro atoms. The van der Waals surface area contributed by atoms with Gasteiger partial charge in [-0.3, -0.25) is 4.79 Å². The highest BCUT2D eigenvalue weighted by atomic mass is 16.1. The fraction of sp³-hybridized carbons (Fsp3) is 0.353. The average Bonchev–Trinajstić information content (AvgIpc) is 2.66. The Bertz CT molecular complexity index is 665. The molecule has 1 atom stereocenters. The summed E-state index contributed by atoms with van der Waals surface area (Å²) >= 11 is 0. The molecule has 1 N–H and O–H groups in total. The van der Waals surface area contributed by atoms with Crippen LogP contribution in [0.2, 0.25) is 0 Å². The zero-order valence-corrected chi connectivity index (χ0v) is 12.3. The molecule has 2 heterocycles. The molecular weight excluding hydrogens is 262 g/mol. The summed E-state index contributed by atoms with van der Waals surface area (Å²) < 4.78 is 1.77. The van der Waals surface area contributed by atoms with E-state index in [4.69, 9.17) is 0 Å². The van der Waals surface area contributed by atoms with Crippen molar-refractivity contribution >= 4 is 5.69 Å². The largest absolute Gasteiger partial charge is 0.368 e. The van der Waals surface area contributed by atoms with Crippen LogP contribution in [0.5, 0.6) is 0 Å². The fourth-order valence-corrected chi connectivity index (χ4v) is 2.83. The van der Waals surface area contributed by atoms with Gasteiger partial charge in [0.2, 0.25) is 0 Å². The molecular formula is C17H21N3O. The van der Waals surface area contributed by atoms with Crippen LogP contribution in [0.3, 0.4) is 0 Å². The number of hydrogen-bond donors (Lipinski definition) is 1. The second-order valence-corrected chi connectivity index (χ2v) is 5.59. The van der Waals surface area contributed by atoms with Crippen molar-refractivity contribution in [1.82, 2.24) is 9.88 Å². The first-order valence-corrected chi connectivity index (χ1v) is 7.46. The van der Waals surface area contributed by atoms with Crippen LogP contribution in [-0.4, -0.2) is 23.7 Å². The van der Waals surface area contributed by atoms with Crippen LogP contribution >= 0.6 is 0 Å². The van der Waals surface area contributed by atoms with Gasteiger partial charge >= 0.3 is 0 Å². The monoisotopic (exact) mass is 283 g/mol. The molecule has 3 rings (SSSR count). The normalized spacial score (nSPS) is 18.1. The van der Waals surface area contributed by atoms with Gasteiger partial charge in [0.05, 0.1) is 0 Å². The molecule has 0 amide bonds. The highest BCUT2D eigenvalue weighted by molar-refractivity contribution is 5.54. The number of fused-ring (bicyclic) bond motifs is 1. The maximum absolute atomic E-state index is 11.8. The number of nitrogens with one attached hydrogen (secondary N) is 1. The third-order valence-electron chi connectivity index (χ3n) is 3.98. The van der Waals surface area contributed by atoms with Crippen molar-refractivity contribution in [3.8, 4) is 0 Å². The van der Waals surface area contributed by atoms with Gasteiger partial charge in [0, 0.05) is 50.2 Å². The topological polar surface area (TPSA) is 37.3 Å². The Morgan fingerprint density at radius 3 is 2.81 bits per heavy atom. The van der Waals surface area contributed by atoms with E-state index >= 15 is 0 Å². The zero-order chi connectivity index (χ0) is 14.7. The lowest BCUT2D eigenvalue weighted by Gasteiger charge is -2.26. The summed E-state index contributed by atoms with van der Waals surface area (Å²) in [5.41, 5.74) is 2.66. The van der Waals surface area contributed by atoms with E-state index in [2.05, 4.69) is 41.4 Å². The minimum Gasteiger partial charge on any atom is -0.368 e. The summed E-state index contributed by atoms with van der Waals surface area (Å²) in [4.78, 5) is 14.2. The number of para-hydroxylation sites is 1. The van der Waals surface area contributed by atoms with Gasteiger partial charge in [-0.25, -0.2) is 0 Å². The molecule has 110 valence electrons. The van der Waals surface area contributed by atoms with Gasteiger partial charge in [0.1, 0.15) is 0 Å². The van der Waals surface area contributed by atoms with Crippen molar-refractivity contribution in [2.75, 3.05) is 18.0 Å². The Labute approximate surface area is 125 Å². The summed E-state index contributed by atoms with van der Waals surface area (Å²) in [5, 5.41) is 3.53. The molecule has 2 aromatic rings. The molecule has 4 heteroatoms. The molecule has 0 aliphatic carbocycles. The second-order valence-electron chi connectivity index (χ2n) is 5.59. The van der Waals surface area contributed by atoms with E-state index in [1.54, 1.807) is 16.7 Å². The minimum absolute atomic E-state index is 0.0618. The molecule has 1 aliphatic rings. The van der Waals surface area contributed by atoms with Crippen molar-refractivity contribution in [3.63, 3.8) is 0 Å². The number of pyridine rings is 1. The predicted octanol–water partition coefficient (Wildman–Crippen LogP) is 1.85. The zero-order valence-electron chi connectivity index (χ0n) is 12.3. The van der Waals surface area contributed by atoms with Gasteiger partial charge < -0.3 is 14.8 Å². The van der Waals surface area contributed by atoms with E-state index in [1.165, 1.54) is 11.3 Å². The van der Waals surface area contributed by atoms with E-state index in [9.17, 15) is 4.79 Å². The smallest absolute Gasteiger partial charge is 0.250 e. The highest BCUT2D eigenvalue weighted by Crippen LogP contribution is 2.23.